The van der Waals surface area contributed by atoms with Gasteiger partial charge in [0.15, 0.2) is 5.82 Å². The van der Waals surface area contributed by atoms with Gasteiger partial charge in [0.25, 0.3) is 5.82 Å². The molecule has 0 atom stereocenters. The monoisotopic (exact) mass is 332 g/mol. The van der Waals surface area contributed by atoms with Crippen LogP contribution >= 0.6 is 0 Å². The fraction of sp³-hybridized carbons (Fsp3) is 0.238. The summed E-state index contributed by atoms with van der Waals surface area (Å²) < 4.78 is 6.08. The average molecular weight is 332 g/mol. The van der Waals surface area contributed by atoms with Crippen molar-refractivity contribution in [1.29, 1.82) is 0 Å². The van der Waals surface area contributed by atoms with E-state index in [9.17, 15) is 0 Å². The predicted molar refractivity (Wildman–Crippen MR) is 101 cm³/mol. The third-order valence-electron chi connectivity index (χ3n) is 4.36. The molecule has 2 heterocycles. The molecule has 4 aromatic rings. The van der Waals surface area contributed by atoms with E-state index in [4.69, 9.17) is 14.4 Å². The zero-order valence-corrected chi connectivity index (χ0v) is 14.6. The summed E-state index contributed by atoms with van der Waals surface area (Å²) in [7, 11) is 0. The molecule has 0 bridgehead atoms. The molecule has 2 aromatic carbocycles. The Hall–Kier alpha value is -2.72. The lowest BCUT2D eigenvalue weighted by atomic mass is 10.1. The number of furan rings is 1. The van der Waals surface area contributed by atoms with Crippen LogP contribution in [0.5, 0.6) is 0 Å². The Morgan fingerprint density at radius 3 is 2.52 bits per heavy atom. The van der Waals surface area contributed by atoms with E-state index in [1.807, 2.05) is 48.5 Å². The smallest absolute Gasteiger partial charge is 0.272 e. The fourth-order valence-electron chi connectivity index (χ4n) is 3.02. The van der Waals surface area contributed by atoms with Gasteiger partial charge in [0.2, 0.25) is 5.58 Å². The zero-order valence-electron chi connectivity index (χ0n) is 14.6. The van der Waals surface area contributed by atoms with E-state index in [0.717, 1.165) is 52.2 Å². The third-order valence-corrected chi connectivity index (χ3v) is 4.36. The van der Waals surface area contributed by atoms with Crippen molar-refractivity contribution in [3.63, 3.8) is 0 Å². The highest BCUT2D eigenvalue weighted by atomic mass is 16.3. The molecular formula is C21H22N3O+. The van der Waals surface area contributed by atoms with Gasteiger partial charge in [-0.1, -0.05) is 56.3 Å². The number of nitrogens with zero attached hydrogens (tertiary/aromatic N) is 2. The van der Waals surface area contributed by atoms with E-state index < -0.39 is 0 Å². The van der Waals surface area contributed by atoms with Crippen LogP contribution in [0.25, 0.3) is 33.5 Å². The molecule has 0 unspecified atom stereocenters. The van der Waals surface area contributed by atoms with Crippen molar-refractivity contribution in [1.82, 2.24) is 9.97 Å². The van der Waals surface area contributed by atoms with Crippen LogP contribution in [0.4, 0.5) is 5.82 Å². The second-order valence-corrected chi connectivity index (χ2v) is 6.75. The first kappa shape index (κ1) is 15.8. The van der Waals surface area contributed by atoms with Gasteiger partial charge < -0.3 is 4.42 Å². The zero-order chi connectivity index (χ0) is 17.2. The van der Waals surface area contributed by atoms with Crippen molar-refractivity contribution < 1.29 is 9.73 Å². The number of benzene rings is 2. The van der Waals surface area contributed by atoms with Gasteiger partial charge in [-0.15, -0.1) is 0 Å². The minimum atomic E-state index is 0.665. The van der Waals surface area contributed by atoms with Gasteiger partial charge in [-0.05, 0) is 24.5 Å². The lowest BCUT2D eigenvalue weighted by Crippen LogP contribution is -2.78. The first-order valence-electron chi connectivity index (χ1n) is 8.80. The van der Waals surface area contributed by atoms with Gasteiger partial charge >= 0.3 is 0 Å². The highest BCUT2D eigenvalue weighted by Gasteiger charge is 2.19. The van der Waals surface area contributed by atoms with Crippen molar-refractivity contribution in [2.75, 3.05) is 6.54 Å². The molecule has 0 spiro atoms. The van der Waals surface area contributed by atoms with Crippen molar-refractivity contribution in [3.8, 4) is 11.4 Å². The van der Waals surface area contributed by atoms with E-state index in [-0.39, 0.29) is 0 Å². The van der Waals surface area contributed by atoms with Gasteiger partial charge in [-0.3, -0.25) is 5.32 Å². The third kappa shape index (κ3) is 3.13. The second-order valence-electron chi connectivity index (χ2n) is 6.75. The van der Waals surface area contributed by atoms with Crippen molar-refractivity contribution in [3.05, 3.63) is 54.6 Å². The molecular weight excluding hydrogens is 310 g/mol. The van der Waals surface area contributed by atoms with Crippen LogP contribution in [0.1, 0.15) is 20.3 Å². The second kappa shape index (κ2) is 6.65. The fourth-order valence-corrected chi connectivity index (χ4v) is 3.02. The van der Waals surface area contributed by atoms with Gasteiger partial charge in [0, 0.05) is 10.9 Å². The molecule has 4 nitrogen and oxygen atoms in total. The summed E-state index contributed by atoms with van der Waals surface area (Å²) in [6.45, 7) is 5.45. The van der Waals surface area contributed by atoms with Crippen LogP contribution < -0.4 is 5.32 Å². The lowest BCUT2D eigenvalue weighted by molar-refractivity contribution is -0.575. The van der Waals surface area contributed by atoms with Gasteiger partial charge in [0.05, 0.1) is 6.54 Å². The molecule has 4 heteroatoms. The number of para-hydroxylation sites is 1. The van der Waals surface area contributed by atoms with Crippen LogP contribution in [0.2, 0.25) is 0 Å². The summed E-state index contributed by atoms with van der Waals surface area (Å²) in [5, 5.41) is 3.22. The number of aromatic nitrogens is 2. The van der Waals surface area contributed by atoms with E-state index in [1.54, 1.807) is 0 Å². The first-order valence-corrected chi connectivity index (χ1v) is 8.80. The van der Waals surface area contributed by atoms with E-state index in [1.165, 1.54) is 0 Å². The maximum Gasteiger partial charge on any atom is 0.272 e. The molecule has 25 heavy (non-hydrogen) atoms. The Morgan fingerprint density at radius 1 is 0.960 bits per heavy atom. The summed E-state index contributed by atoms with van der Waals surface area (Å²) in [6.07, 6.45) is 1.13. The highest BCUT2D eigenvalue weighted by molar-refractivity contribution is 6.05. The molecule has 0 fully saturated rings. The predicted octanol–water partition coefficient (Wildman–Crippen LogP) is 4.28. The number of nitrogens with two attached hydrogens (primary N) is 1. The number of fused-ring (bicyclic) bond motifs is 3. The summed E-state index contributed by atoms with van der Waals surface area (Å²) in [5.74, 6) is 2.30. The largest absolute Gasteiger partial charge is 0.446 e. The normalized spacial score (nSPS) is 11.6. The van der Waals surface area contributed by atoms with Gasteiger partial charge in [-0.2, -0.15) is 4.98 Å². The lowest BCUT2D eigenvalue weighted by Gasteiger charge is -2.05. The highest BCUT2D eigenvalue weighted by Crippen LogP contribution is 2.31. The quantitative estimate of drug-likeness (QED) is 0.593. The Bertz CT molecular complexity index is 1010. The maximum atomic E-state index is 6.08. The van der Waals surface area contributed by atoms with Gasteiger partial charge in [0.1, 0.15) is 11.1 Å². The summed E-state index contributed by atoms with van der Waals surface area (Å²) in [6, 6.07) is 18.2. The molecule has 126 valence electrons. The minimum absolute atomic E-state index is 0.665. The number of hydrogen-bond acceptors (Lipinski definition) is 3. The van der Waals surface area contributed by atoms with E-state index >= 15 is 0 Å². The van der Waals surface area contributed by atoms with E-state index in [2.05, 4.69) is 25.2 Å². The van der Waals surface area contributed by atoms with Crippen LogP contribution in [0, 0.1) is 5.92 Å². The topological polar surface area (TPSA) is 55.5 Å². The molecule has 2 aromatic heterocycles. The first-order chi connectivity index (χ1) is 12.2. The molecule has 0 radical (unpaired) electrons. The molecule has 0 saturated carbocycles. The Labute approximate surface area is 146 Å². The number of quaternary nitrogens is 1. The molecule has 0 saturated heterocycles. The Kier molecular flexibility index (Phi) is 4.20. The maximum absolute atomic E-state index is 6.08. The summed E-state index contributed by atoms with van der Waals surface area (Å²) in [4.78, 5) is 9.62. The van der Waals surface area contributed by atoms with Crippen LogP contribution in [0.3, 0.4) is 0 Å². The van der Waals surface area contributed by atoms with E-state index in [0.29, 0.717) is 5.92 Å². The summed E-state index contributed by atoms with van der Waals surface area (Å²) in [5.41, 5.74) is 3.55. The van der Waals surface area contributed by atoms with Crippen LogP contribution in [-0.2, 0) is 0 Å². The molecule has 4 rings (SSSR count). The average Bonchev–Trinajstić information content (AvgIpc) is 3.01. The van der Waals surface area contributed by atoms with Crippen LogP contribution in [0.15, 0.2) is 59.0 Å². The Morgan fingerprint density at radius 2 is 1.72 bits per heavy atom. The summed E-state index contributed by atoms with van der Waals surface area (Å²) >= 11 is 0. The van der Waals surface area contributed by atoms with Gasteiger partial charge in [-0.25, -0.2) is 4.98 Å². The number of hydrogen-bond donors (Lipinski definition) is 1. The van der Waals surface area contributed by atoms with Crippen molar-refractivity contribution >= 4 is 27.9 Å². The van der Waals surface area contributed by atoms with Crippen molar-refractivity contribution in [2.45, 2.75) is 20.3 Å². The number of rotatable bonds is 5. The molecule has 0 aliphatic carbocycles. The van der Waals surface area contributed by atoms with Crippen LogP contribution in [-0.4, -0.2) is 16.5 Å². The minimum Gasteiger partial charge on any atom is -0.446 e. The Balaban J connectivity index is 1.87. The van der Waals surface area contributed by atoms with Crippen molar-refractivity contribution in [2.24, 2.45) is 5.92 Å². The molecule has 0 aliphatic heterocycles. The molecule has 0 aliphatic rings. The SMILES string of the molecule is CC(C)CC[NH2+]c1nc(-c2ccccc2)nc2c1oc1ccccc12. The standard InChI is InChI=1S/C21H21N3O/c1-14(2)12-13-22-21-19-18(16-10-6-7-11-17(16)25-19)23-20(24-21)15-8-4-3-5-9-15/h3-11,14H,12-13H2,1-2H3,(H,22,23,24)/p+1. The molecule has 2 N–H and O–H groups in total. The molecule has 0 amide bonds.